The van der Waals surface area contributed by atoms with Gasteiger partial charge in [0.25, 0.3) is 11.8 Å². The highest BCUT2D eigenvalue weighted by molar-refractivity contribution is 8.76. The van der Waals surface area contributed by atoms with Crippen LogP contribution in [0.5, 0.6) is 0 Å². The third kappa shape index (κ3) is 18.9. The standard InChI is InChI=1S/C44H54N6O10S2/c1-2-33(3-4-34-7-11-37(12-8-34)49(21-25-51)22-26-52)15-18-45-29-41(55)46-39(43(57)58)31-61-62-32-40(44(59)60)47-42(56)30-48-19-16-36(17-20-48)6-5-35-9-13-38(14-10-35)50(23-27-53)24-28-54/h2-20,39-40,51-54H,1,21-32H2,(H3-,46,47,55,56,57,58,59,60)/p+2/b4-3+,33-15+,45-18?. The summed E-state index contributed by atoms with van der Waals surface area (Å²) in [4.78, 5) is 55.6. The first-order chi connectivity index (χ1) is 30.0. The molecule has 3 rings (SSSR count). The second kappa shape index (κ2) is 28.7. The molecule has 0 bridgehead atoms. The average Bonchev–Trinajstić information content (AvgIpc) is 3.26. The highest BCUT2D eigenvalue weighted by Crippen LogP contribution is 2.23. The summed E-state index contributed by atoms with van der Waals surface area (Å²) in [5.74, 6) is -3.70. The Kier molecular flexibility index (Phi) is 23.4. The number of carboxylic acids is 2. The Labute approximate surface area is 369 Å². The normalized spacial score (nSPS) is 12.7. The molecule has 2 amide bonds. The SMILES string of the molecule is C=CC(/C=C/c1ccc(N(CCO)CCO)cc1)=C\C=[NH+]CC(=O)NC(CSSCC(NC(=O)C[n+]1ccc(/C=C/c2ccc(N(CCO)CCO)cc2)cc1)C(=O)O)C(=O)O. The molecule has 332 valence electrons. The molecule has 2 atom stereocenters. The van der Waals surface area contributed by atoms with Gasteiger partial charge >= 0.3 is 11.9 Å². The second-order valence-electron chi connectivity index (χ2n) is 13.4. The Bertz CT molecular complexity index is 1980. The van der Waals surface area contributed by atoms with Crippen LogP contribution in [-0.2, 0) is 25.7 Å². The number of hydrogen-bond donors (Lipinski definition) is 9. The van der Waals surface area contributed by atoms with Gasteiger partial charge in [0.1, 0.15) is 12.1 Å². The molecule has 0 aliphatic rings. The van der Waals surface area contributed by atoms with E-state index >= 15 is 0 Å². The van der Waals surface area contributed by atoms with E-state index in [1.165, 1.54) is 6.21 Å². The predicted molar refractivity (Wildman–Crippen MR) is 244 cm³/mol. The number of carbonyl (C=O) groups excluding carboxylic acids is 2. The summed E-state index contributed by atoms with van der Waals surface area (Å²) in [5.41, 5.74) is 5.23. The fourth-order valence-corrected chi connectivity index (χ4v) is 7.93. The number of aliphatic hydroxyl groups excluding tert-OH is 4. The smallest absolute Gasteiger partial charge is 0.327 e. The van der Waals surface area contributed by atoms with Gasteiger partial charge < -0.3 is 51.1 Å². The minimum Gasteiger partial charge on any atom is -0.480 e. The number of pyridine rings is 1. The average molecular weight is 893 g/mol. The molecular weight excluding hydrogens is 837 g/mol. The third-order valence-corrected chi connectivity index (χ3v) is 11.3. The minimum atomic E-state index is -1.26. The summed E-state index contributed by atoms with van der Waals surface area (Å²) in [7, 11) is 2.12. The number of allylic oxidation sites excluding steroid dienone is 4. The summed E-state index contributed by atoms with van der Waals surface area (Å²) in [6, 6.07) is 16.4. The molecule has 2 unspecified atom stereocenters. The van der Waals surface area contributed by atoms with Gasteiger partial charge in [0, 0.05) is 67.3 Å². The van der Waals surface area contributed by atoms with Gasteiger partial charge in [-0.25, -0.2) is 14.6 Å². The zero-order valence-corrected chi connectivity index (χ0v) is 35.9. The highest BCUT2D eigenvalue weighted by Gasteiger charge is 2.24. The Morgan fingerprint density at radius 2 is 1.10 bits per heavy atom. The molecule has 0 fully saturated rings. The summed E-state index contributed by atoms with van der Waals surface area (Å²) < 4.78 is 1.61. The summed E-state index contributed by atoms with van der Waals surface area (Å²) in [5, 5.41) is 61.4. The maximum absolute atomic E-state index is 12.7. The van der Waals surface area contributed by atoms with E-state index in [-0.39, 0.29) is 51.0 Å². The number of hydrogen-bond acceptors (Lipinski definition) is 12. The molecule has 0 spiro atoms. The van der Waals surface area contributed by atoms with E-state index in [9.17, 15) is 49.8 Å². The van der Waals surface area contributed by atoms with Crippen LogP contribution in [0.2, 0.25) is 0 Å². The number of amides is 2. The lowest BCUT2D eigenvalue weighted by atomic mass is 10.1. The Balaban J connectivity index is 1.42. The van der Waals surface area contributed by atoms with Crippen LogP contribution >= 0.6 is 21.6 Å². The van der Waals surface area contributed by atoms with Gasteiger partial charge in [-0.3, -0.25) is 9.59 Å². The van der Waals surface area contributed by atoms with Crippen LogP contribution in [0.1, 0.15) is 16.7 Å². The van der Waals surface area contributed by atoms with Crippen LogP contribution in [0, 0.1) is 0 Å². The van der Waals surface area contributed by atoms with Crippen molar-refractivity contribution in [3.8, 4) is 0 Å². The minimum absolute atomic E-state index is 0.0194. The number of aromatic nitrogens is 1. The Morgan fingerprint density at radius 3 is 1.53 bits per heavy atom. The maximum atomic E-state index is 12.7. The maximum Gasteiger partial charge on any atom is 0.327 e. The van der Waals surface area contributed by atoms with Gasteiger partial charge in [0.2, 0.25) is 13.1 Å². The molecule has 18 heteroatoms. The summed E-state index contributed by atoms with van der Waals surface area (Å²) in [6.07, 6.45) is 15.8. The molecule has 3 aromatic rings. The van der Waals surface area contributed by atoms with Crippen LogP contribution in [0.25, 0.3) is 18.2 Å². The number of aliphatic hydroxyl groups is 4. The number of benzene rings is 2. The van der Waals surface area contributed by atoms with E-state index in [2.05, 4.69) is 22.2 Å². The predicted octanol–water partition coefficient (Wildman–Crippen LogP) is 0.224. The molecule has 1 heterocycles. The Hall–Kier alpha value is -5.76. The fraction of sp³-hybridized carbons (Fsp3) is 0.318. The third-order valence-electron chi connectivity index (χ3n) is 8.89. The summed E-state index contributed by atoms with van der Waals surface area (Å²) in [6.45, 7) is 5.03. The van der Waals surface area contributed by atoms with Crippen molar-refractivity contribution < 1.29 is 59.4 Å². The van der Waals surface area contributed by atoms with E-state index in [0.29, 0.717) is 26.2 Å². The van der Waals surface area contributed by atoms with Gasteiger partial charge in [0.15, 0.2) is 18.6 Å². The molecule has 0 radical (unpaired) electrons. The molecular formula is C44H56N6O10S2+2. The zero-order valence-electron chi connectivity index (χ0n) is 34.3. The van der Waals surface area contributed by atoms with Crippen molar-refractivity contribution in [1.82, 2.24) is 10.6 Å². The monoisotopic (exact) mass is 892 g/mol. The summed E-state index contributed by atoms with van der Waals surface area (Å²) >= 11 is 0. The van der Waals surface area contributed by atoms with E-state index in [1.807, 2.05) is 94.8 Å². The molecule has 16 nitrogen and oxygen atoms in total. The van der Waals surface area contributed by atoms with Gasteiger partial charge in [-0.15, -0.1) is 0 Å². The quantitative estimate of drug-likeness (QED) is 0.0149. The van der Waals surface area contributed by atoms with Crippen LogP contribution < -0.4 is 30.0 Å². The molecule has 62 heavy (non-hydrogen) atoms. The number of rotatable bonds is 29. The zero-order chi connectivity index (χ0) is 45.1. The van der Waals surface area contributed by atoms with Gasteiger partial charge in [0.05, 0.1) is 26.4 Å². The Morgan fingerprint density at radius 1 is 0.661 bits per heavy atom. The molecule has 0 aliphatic carbocycles. The molecule has 0 saturated heterocycles. The fourth-order valence-electron chi connectivity index (χ4n) is 5.62. The van der Waals surface area contributed by atoms with E-state index in [1.54, 1.807) is 29.1 Å². The number of carbonyl (C=O) groups is 4. The van der Waals surface area contributed by atoms with Gasteiger partial charge in [-0.05, 0) is 46.5 Å². The number of nitrogens with one attached hydrogen (secondary N) is 3. The number of carboxylic acid groups (broad SMARTS) is 2. The number of nitrogens with zero attached hydrogens (tertiary/aromatic N) is 3. The van der Waals surface area contributed by atoms with Crippen molar-refractivity contribution in [1.29, 1.82) is 0 Å². The molecule has 0 aliphatic heterocycles. The largest absolute Gasteiger partial charge is 0.480 e. The number of anilines is 2. The van der Waals surface area contributed by atoms with Crippen molar-refractivity contribution in [2.75, 3.05) is 80.5 Å². The first kappa shape index (κ1) is 50.6. The van der Waals surface area contributed by atoms with Crippen molar-refractivity contribution in [2.45, 2.75) is 18.6 Å². The number of aliphatic carboxylic acids is 2. The molecule has 1 aromatic heterocycles. The van der Waals surface area contributed by atoms with Crippen LogP contribution in [0.15, 0.2) is 103 Å². The van der Waals surface area contributed by atoms with E-state index < -0.39 is 35.8 Å². The topological polar surface area (TPSA) is 238 Å². The van der Waals surface area contributed by atoms with Crippen molar-refractivity contribution in [2.24, 2.45) is 0 Å². The lowest BCUT2D eigenvalue weighted by molar-refractivity contribution is -0.684. The lowest BCUT2D eigenvalue weighted by Gasteiger charge is -2.22. The van der Waals surface area contributed by atoms with Gasteiger partial charge in [-0.2, -0.15) is 4.57 Å². The van der Waals surface area contributed by atoms with Crippen molar-refractivity contribution in [3.05, 3.63) is 120 Å². The van der Waals surface area contributed by atoms with Crippen molar-refractivity contribution >= 4 is 81.2 Å². The molecule has 2 aromatic carbocycles. The first-order valence-electron chi connectivity index (χ1n) is 19.7. The van der Waals surface area contributed by atoms with E-state index in [4.69, 9.17) is 0 Å². The van der Waals surface area contributed by atoms with E-state index in [0.717, 1.165) is 55.2 Å². The van der Waals surface area contributed by atoms with Crippen LogP contribution in [0.3, 0.4) is 0 Å². The second-order valence-corrected chi connectivity index (χ2v) is 16.0. The highest BCUT2D eigenvalue weighted by atomic mass is 33.1. The first-order valence-corrected chi connectivity index (χ1v) is 22.2. The van der Waals surface area contributed by atoms with Crippen LogP contribution in [0.4, 0.5) is 11.4 Å². The molecule has 0 saturated carbocycles. The van der Waals surface area contributed by atoms with Crippen molar-refractivity contribution in [3.63, 3.8) is 0 Å². The van der Waals surface area contributed by atoms with Crippen LogP contribution in [-0.4, -0.2) is 143 Å². The molecule has 9 N–H and O–H groups in total. The lowest BCUT2D eigenvalue weighted by Crippen LogP contribution is -2.73. The van der Waals surface area contributed by atoms with Gasteiger partial charge in [-0.1, -0.05) is 82.8 Å².